The third-order valence-electron chi connectivity index (χ3n) is 3.93. The van der Waals surface area contributed by atoms with Crippen molar-refractivity contribution in [2.24, 2.45) is 0 Å². The summed E-state index contributed by atoms with van der Waals surface area (Å²) in [5.41, 5.74) is 1.88. The second kappa shape index (κ2) is 8.29. The number of anilines is 1. The maximum absolute atomic E-state index is 12.5. The van der Waals surface area contributed by atoms with E-state index in [0.29, 0.717) is 11.7 Å². The van der Waals surface area contributed by atoms with E-state index in [-0.39, 0.29) is 17.3 Å². The number of tetrazole rings is 1. The van der Waals surface area contributed by atoms with Crippen molar-refractivity contribution in [3.63, 3.8) is 0 Å². The van der Waals surface area contributed by atoms with Gasteiger partial charge in [0.2, 0.25) is 11.1 Å². The summed E-state index contributed by atoms with van der Waals surface area (Å²) >= 11 is 4.81. The average molecular weight is 426 g/mol. The highest BCUT2D eigenvalue weighted by Crippen LogP contribution is 2.26. The summed E-state index contributed by atoms with van der Waals surface area (Å²) in [4.78, 5) is 12.5. The van der Waals surface area contributed by atoms with E-state index in [1.807, 2.05) is 32.0 Å². The van der Waals surface area contributed by atoms with Crippen molar-refractivity contribution in [2.75, 3.05) is 11.9 Å². The molecule has 2 aromatic rings. The van der Waals surface area contributed by atoms with Gasteiger partial charge in [0.15, 0.2) is 0 Å². The molecule has 1 aliphatic rings. The van der Waals surface area contributed by atoms with Crippen LogP contribution in [0.25, 0.3) is 0 Å². The molecule has 134 valence electrons. The van der Waals surface area contributed by atoms with Gasteiger partial charge in [-0.25, -0.2) is 4.68 Å². The number of hydrogen-bond donors (Lipinski definition) is 1. The zero-order valence-corrected chi connectivity index (χ0v) is 16.5. The van der Waals surface area contributed by atoms with Gasteiger partial charge in [0.25, 0.3) is 0 Å². The van der Waals surface area contributed by atoms with Crippen LogP contribution in [0.4, 0.5) is 5.69 Å². The fraction of sp³-hybridized carbons (Fsp3) is 0.500. The van der Waals surface area contributed by atoms with Gasteiger partial charge in [-0.05, 0) is 70.7 Å². The summed E-state index contributed by atoms with van der Waals surface area (Å²) in [6, 6.07) is 5.81. The number of rotatable bonds is 6. The minimum atomic E-state index is -0.331. The van der Waals surface area contributed by atoms with E-state index in [2.05, 4.69) is 36.8 Å². The van der Waals surface area contributed by atoms with Gasteiger partial charge in [0.1, 0.15) is 0 Å². The van der Waals surface area contributed by atoms with Crippen LogP contribution in [0.1, 0.15) is 25.3 Å². The number of amides is 1. The summed E-state index contributed by atoms with van der Waals surface area (Å²) in [5, 5.41) is 15.0. The number of benzene rings is 1. The summed E-state index contributed by atoms with van der Waals surface area (Å²) < 4.78 is 8.20. The molecule has 0 unspecified atom stereocenters. The number of nitrogens with zero attached hydrogens (tertiary/aromatic N) is 4. The van der Waals surface area contributed by atoms with Gasteiger partial charge >= 0.3 is 0 Å². The first-order chi connectivity index (χ1) is 12.0. The lowest BCUT2D eigenvalue weighted by Crippen LogP contribution is -2.24. The quantitative estimate of drug-likeness (QED) is 0.716. The van der Waals surface area contributed by atoms with Crippen LogP contribution in [0.15, 0.2) is 27.8 Å². The Bertz CT molecular complexity index is 748. The smallest absolute Gasteiger partial charge is 0.237 e. The van der Waals surface area contributed by atoms with Crippen LogP contribution in [-0.2, 0) is 16.1 Å². The van der Waals surface area contributed by atoms with Gasteiger partial charge in [-0.15, -0.1) is 5.10 Å². The lowest BCUT2D eigenvalue weighted by atomic mass is 10.2. The highest BCUT2D eigenvalue weighted by molar-refractivity contribution is 9.10. The van der Waals surface area contributed by atoms with Crippen LogP contribution >= 0.6 is 27.7 Å². The Kier molecular flexibility index (Phi) is 6.08. The molecular formula is C16H20BrN5O2S. The fourth-order valence-electron chi connectivity index (χ4n) is 2.54. The highest BCUT2D eigenvalue weighted by atomic mass is 79.9. The van der Waals surface area contributed by atoms with Crippen molar-refractivity contribution < 1.29 is 9.53 Å². The van der Waals surface area contributed by atoms with Gasteiger partial charge in [0, 0.05) is 11.1 Å². The molecule has 0 spiro atoms. The predicted molar refractivity (Wildman–Crippen MR) is 99.6 cm³/mol. The van der Waals surface area contributed by atoms with Crippen molar-refractivity contribution in [3.05, 3.63) is 28.2 Å². The van der Waals surface area contributed by atoms with Gasteiger partial charge in [0.05, 0.1) is 23.6 Å². The number of carbonyl (C=O) groups is 1. The molecule has 3 rings (SSSR count). The number of halogens is 1. The summed E-state index contributed by atoms with van der Waals surface area (Å²) in [6.45, 7) is 5.25. The first-order valence-corrected chi connectivity index (χ1v) is 9.81. The van der Waals surface area contributed by atoms with E-state index in [9.17, 15) is 4.79 Å². The standard InChI is InChI=1S/C16H20BrN5O2S/c1-10-5-6-14(13(17)8-10)18-15(23)11(2)25-16-19-20-21-22(16)9-12-4-3-7-24-12/h5-6,8,11-12H,3-4,7,9H2,1-2H3,(H,18,23)/t11-,12-/m1/s1. The number of aromatic nitrogens is 4. The van der Waals surface area contributed by atoms with Gasteiger partial charge in [-0.3, -0.25) is 4.79 Å². The summed E-state index contributed by atoms with van der Waals surface area (Å²) in [5.74, 6) is -0.0961. The Labute approximate surface area is 159 Å². The van der Waals surface area contributed by atoms with E-state index >= 15 is 0 Å². The molecule has 25 heavy (non-hydrogen) atoms. The van der Waals surface area contributed by atoms with Crippen LogP contribution in [-0.4, -0.2) is 44.1 Å². The van der Waals surface area contributed by atoms with E-state index in [4.69, 9.17) is 4.74 Å². The Balaban J connectivity index is 1.60. The van der Waals surface area contributed by atoms with Gasteiger partial charge < -0.3 is 10.1 Å². The molecule has 2 heterocycles. The minimum Gasteiger partial charge on any atom is -0.376 e. The van der Waals surface area contributed by atoms with E-state index in [1.165, 1.54) is 11.8 Å². The third kappa shape index (κ3) is 4.80. The van der Waals surface area contributed by atoms with Crippen molar-refractivity contribution in [3.8, 4) is 0 Å². The predicted octanol–water partition coefficient (Wildman–Crippen LogP) is 3.04. The number of thioether (sulfide) groups is 1. The first kappa shape index (κ1) is 18.3. The van der Waals surface area contributed by atoms with Crippen molar-refractivity contribution >= 4 is 39.3 Å². The van der Waals surface area contributed by atoms with Crippen LogP contribution < -0.4 is 5.32 Å². The number of carbonyl (C=O) groups excluding carboxylic acids is 1. The molecule has 1 N–H and O–H groups in total. The average Bonchev–Trinajstić information content (AvgIpc) is 3.23. The molecule has 2 atom stereocenters. The zero-order chi connectivity index (χ0) is 17.8. The third-order valence-corrected chi connectivity index (χ3v) is 5.66. The number of nitrogens with one attached hydrogen (secondary N) is 1. The molecule has 1 aromatic carbocycles. The van der Waals surface area contributed by atoms with E-state index in [0.717, 1.165) is 35.2 Å². The molecule has 9 heteroatoms. The molecule has 1 aromatic heterocycles. The number of aryl methyl sites for hydroxylation is 1. The Morgan fingerprint density at radius 2 is 2.40 bits per heavy atom. The van der Waals surface area contributed by atoms with Crippen molar-refractivity contribution in [2.45, 2.75) is 49.7 Å². The maximum Gasteiger partial charge on any atom is 0.237 e. The molecule has 7 nitrogen and oxygen atoms in total. The minimum absolute atomic E-state index is 0.0961. The molecule has 1 aliphatic heterocycles. The SMILES string of the molecule is Cc1ccc(NC(=O)[C@@H](C)Sc2nnnn2C[C@H]2CCCO2)c(Br)c1. The Morgan fingerprint density at radius 3 is 3.12 bits per heavy atom. The summed E-state index contributed by atoms with van der Waals surface area (Å²) in [6.07, 6.45) is 2.23. The van der Waals surface area contributed by atoms with Crippen molar-refractivity contribution in [1.29, 1.82) is 0 Å². The van der Waals surface area contributed by atoms with Gasteiger partial charge in [-0.1, -0.05) is 17.8 Å². The molecule has 0 aliphatic carbocycles. The zero-order valence-electron chi connectivity index (χ0n) is 14.1. The second-order valence-corrected chi connectivity index (χ2v) is 8.17. The highest BCUT2D eigenvalue weighted by Gasteiger charge is 2.22. The topological polar surface area (TPSA) is 81.9 Å². The van der Waals surface area contributed by atoms with E-state index < -0.39 is 0 Å². The molecule has 0 saturated carbocycles. The molecule has 1 amide bonds. The van der Waals surface area contributed by atoms with Crippen LogP contribution in [0.2, 0.25) is 0 Å². The van der Waals surface area contributed by atoms with Crippen LogP contribution in [0.5, 0.6) is 0 Å². The number of ether oxygens (including phenoxy) is 1. The maximum atomic E-state index is 12.5. The normalized spacial score (nSPS) is 18.3. The van der Waals surface area contributed by atoms with Gasteiger partial charge in [-0.2, -0.15) is 0 Å². The second-order valence-electron chi connectivity index (χ2n) is 6.01. The molecule has 1 saturated heterocycles. The lowest BCUT2D eigenvalue weighted by Gasteiger charge is -2.14. The number of hydrogen-bond acceptors (Lipinski definition) is 6. The van der Waals surface area contributed by atoms with Crippen LogP contribution in [0.3, 0.4) is 0 Å². The lowest BCUT2D eigenvalue weighted by molar-refractivity contribution is -0.115. The molecule has 0 bridgehead atoms. The first-order valence-electron chi connectivity index (χ1n) is 8.14. The van der Waals surface area contributed by atoms with E-state index in [1.54, 1.807) is 4.68 Å². The fourth-order valence-corrected chi connectivity index (χ4v) is 3.94. The Hall–Kier alpha value is -1.45. The molecule has 0 radical (unpaired) electrons. The monoisotopic (exact) mass is 425 g/mol. The van der Waals surface area contributed by atoms with Crippen LogP contribution in [0, 0.1) is 6.92 Å². The molecule has 1 fully saturated rings. The Morgan fingerprint density at radius 1 is 1.56 bits per heavy atom. The van der Waals surface area contributed by atoms with Crippen molar-refractivity contribution in [1.82, 2.24) is 20.2 Å². The molecular weight excluding hydrogens is 406 g/mol. The largest absolute Gasteiger partial charge is 0.376 e. The summed E-state index contributed by atoms with van der Waals surface area (Å²) in [7, 11) is 0.